The molecule has 27 heavy (non-hydrogen) atoms. The summed E-state index contributed by atoms with van der Waals surface area (Å²) >= 11 is 0. The monoisotopic (exact) mass is 368 g/mol. The number of ether oxygens (including phenoxy) is 1. The van der Waals surface area contributed by atoms with Gasteiger partial charge >= 0.3 is 5.97 Å². The van der Waals surface area contributed by atoms with Crippen molar-refractivity contribution >= 4 is 5.97 Å². The third-order valence-electron chi connectivity index (χ3n) is 4.85. The second kappa shape index (κ2) is 11.5. The Morgan fingerprint density at radius 1 is 1.04 bits per heavy atom. The van der Waals surface area contributed by atoms with Gasteiger partial charge in [0.1, 0.15) is 5.75 Å². The van der Waals surface area contributed by atoms with Crippen LogP contribution in [0.4, 0.5) is 0 Å². The molecular formula is C23H32N2O2. The Balaban J connectivity index is 2.05. The third kappa shape index (κ3) is 6.78. The van der Waals surface area contributed by atoms with Gasteiger partial charge in [-0.25, -0.2) is 9.97 Å². The molecule has 4 heteroatoms. The van der Waals surface area contributed by atoms with Gasteiger partial charge in [-0.1, -0.05) is 65.0 Å². The van der Waals surface area contributed by atoms with Crippen molar-refractivity contribution in [2.24, 2.45) is 5.92 Å². The van der Waals surface area contributed by atoms with E-state index in [1.807, 2.05) is 38.1 Å². The summed E-state index contributed by atoms with van der Waals surface area (Å²) in [5, 5.41) is 0. The van der Waals surface area contributed by atoms with Gasteiger partial charge in [0.25, 0.3) is 0 Å². The number of hydrogen-bond acceptors (Lipinski definition) is 4. The number of carbonyl (C=O) groups excluding carboxylic acids is 1. The Kier molecular flexibility index (Phi) is 8.96. The summed E-state index contributed by atoms with van der Waals surface area (Å²) in [6.45, 7) is 6.09. The maximum atomic E-state index is 12.2. The molecule has 1 atom stereocenters. The van der Waals surface area contributed by atoms with E-state index in [-0.39, 0.29) is 11.9 Å². The molecule has 4 nitrogen and oxygen atoms in total. The van der Waals surface area contributed by atoms with Crippen LogP contribution in [0.5, 0.6) is 5.75 Å². The molecule has 0 bridgehead atoms. The maximum absolute atomic E-state index is 12.2. The highest BCUT2D eigenvalue weighted by Crippen LogP contribution is 2.28. The minimum Gasteiger partial charge on any atom is -0.426 e. The van der Waals surface area contributed by atoms with Crippen LogP contribution in [-0.2, 0) is 11.2 Å². The summed E-state index contributed by atoms with van der Waals surface area (Å²) in [6, 6.07) is 9.47. The molecule has 0 fully saturated rings. The molecule has 1 unspecified atom stereocenters. The van der Waals surface area contributed by atoms with E-state index in [1.54, 1.807) is 12.3 Å². The average molecular weight is 369 g/mol. The second-order valence-electron chi connectivity index (χ2n) is 7.12. The highest BCUT2D eigenvalue weighted by Gasteiger charge is 2.17. The number of rotatable bonds is 11. The van der Waals surface area contributed by atoms with Gasteiger partial charge in [0.05, 0.1) is 11.5 Å². The van der Waals surface area contributed by atoms with Crippen molar-refractivity contribution in [2.75, 3.05) is 0 Å². The molecule has 0 spiro atoms. The van der Waals surface area contributed by atoms with Gasteiger partial charge in [-0.05, 0) is 37.5 Å². The second-order valence-corrected chi connectivity index (χ2v) is 7.12. The Hall–Kier alpha value is -2.23. The first kappa shape index (κ1) is 21.1. The molecule has 0 aliphatic carbocycles. The lowest BCUT2D eigenvalue weighted by Crippen LogP contribution is -2.17. The van der Waals surface area contributed by atoms with Crippen LogP contribution in [0.2, 0.25) is 0 Å². The van der Waals surface area contributed by atoms with Crippen LogP contribution < -0.4 is 4.74 Å². The molecule has 2 rings (SSSR count). The van der Waals surface area contributed by atoms with Crippen molar-refractivity contribution in [1.29, 1.82) is 0 Å². The molecule has 2 aromatic rings. The lowest BCUT2D eigenvalue weighted by Gasteiger charge is -2.12. The molecular weight excluding hydrogens is 336 g/mol. The summed E-state index contributed by atoms with van der Waals surface area (Å²) in [5.74, 6) is 0.803. The summed E-state index contributed by atoms with van der Waals surface area (Å²) in [4.78, 5) is 21.3. The number of esters is 1. The molecule has 146 valence electrons. The standard InChI is InChI=1S/C23H32N2O2/c1-4-6-7-8-9-10-13-19-16-17-24-22(25-19)20-14-11-12-15-21(20)27-23(26)18(3)5-2/h11-12,14-18H,4-10,13H2,1-3H3. The van der Waals surface area contributed by atoms with Crippen molar-refractivity contribution in [3.8, 4) is 17.1 Å². The van der Waals surface area contributed by atoms with Crippen molar-refractivity contribution < 1.29 is 9.53 Å². The van der Waals surface area contributed by atoms with E-state index in [4.69, 9.17) is 9.72 Å². The number of nitrogens with zero attached hydrogens (tertiary/aromatic N) is 2. The fourth-order valence-corrected chi connectivity index (χ4v) is 2.87. The highest BCUT2D eigenvalue weighted by molar-refractivity contribution is 5.77. The molecule has 0 aliphatic rings. The molecule has 0 saturated heterocycles. The van der Waals surface area contributed by atoms with E-state index in [2.05, 4.69) is 11.9 Å². The van der Waals surface area contributed by atoms with Gasteiger partial charge in [-0.3, -0.25) is 4.79 Å². The molecule has 1 aromatic heterocycles. The predicted octanol–water partition coefficient (Wildman–Crippen LogP) is 6.00. The van der Waals surface area contributed by atoms with Crippen LogP contribution >= 0.6 is 0 Å². The van der Waals surface area contributed by atoms with E-state index >= 15 is 0 Å². The topological polar surface area (TPSA) is 52.1 Å². The van der Waals surface area contributed by atoms with Gasteiger partial charge in [0.2, 0.25) is 0 Å². The SMILES string of the molecule is CCCCCCCCc1ccnc(-c2ccccc2OC(=O)C(C)CC)n1. The fraction of sp³-hybridized carbons (Fsp3) is 0.522. The van der Waals surface area contributed by atoms with E-state index in [0.29, 0.717) is 11.6 Å². The molecule has 1 heterocycles. The molecule has 0 saturated carbocycles. The van der Waals surface area contributed by atoms with Crippen LogP contribution in [0.3, 0.4) is 0 Å². The minimum atomic E-state index is -0.215. The highest BCUT2D eigenvalue weighted by atomic mass is 16.5. The number of hydrogen-bond donors (Lipinski definition) is 0. The largest absolute Gasteiger partial charge is 0.426 e. The zero-order valence-corrected chi connectivity index (χ0v) is 16.9. The summed E-state index contributed by atoms with van der Waals surface area (Å²) in [6.07, 6.45) is 11.1. The normalized spacial score (nSPS) is 12.0. The Morgan fingerprint density at radius 2 is 1.78 bits per heavy atom. The molecule has 0 aliphatic heterocycles. The predicted molar refractivity (Wildman–Crippen MR) is 110 cm³/mol. The van der Waals surface area contributed by atoms with Crippen LogP contribution in [-0.4, -0.2) is 15.9 Å². The average Bonchev–Trinajstić information content (AvgIpc) is 2.70. The van der Waals surface area contributed by atoms with Crippen LogP contribution in [0.15, 0.2) is 36.5 Å². The Morgan fingerprint density at radius 3 is 2.56 bits per heavy atom. The van der Waals surface area contributed by atoms with E-state index < -0.39 is 0 Å². The van der Waals surface area contributed by atoms with Crippen molar-refractivity contribution in [3.05, 3.63) is 42.2 Å². The minimum absolute atomic E-state index is 0.127. The van der Waals surface area contributed by atoms with Gasteiger partial charge in [-0.2, -0.15) is 0 Å². The van der Waals surface area contributed by atoms with Gasteiger partial charge in [0.15, 0.2) is 5.82 Å². The number of aryl methyl sites for hydroxylation is 1. The molecule has 0 amide bonds. The summed E-state index contributed by atoms with van der Waals surface area (Å²) < 4.78 is 5.61. The zero-order chi connectivity index (χ0) is 19.5. The Labute approximate surface area is 163 Å². The summed E-state index contributed by atoms with van der Waals surface area (Å²) in [5.41, 5.74) is 1.80. The molecule has 0 N–H and O–H groups in total. The first-order chi connectivity index (χ1) is 13.2. The maximum Gasteiger partial charge on any atom is 0.314 e. The first-order valence-corrected chi connectivity index (χ1v) is 10.3. The van der Waals surface area contributed by atoms with Crippen molar-refractivity contribution in [2.45, 2.75) is 72.1 Å². The number of para-hydroxylation sites is 1. The van der Waals surface area contributed by atoms with E-state index in [0.717, 1.165) is 30.5 Å². The van der Waals surface area contributed by atoms with Crippen LogP contribution in [0.25, 0.3) is 11.4 Å². The molecule has 0 radical (unpaired) electrons. The lowest BCUT2D eigenvalue weighted by molar-refractivity contribution is -0.138. The third-order valence-corrected chi connectivity index (χ3v) is 4.85. The van der Waals surface area contributed by atoms with Crippen LogP contribution in [0.1, 0.15) is 71.4 Å². The van der Waals surface area contributed by atoms with Crippen molar-refractivity contribution in [1.82, 2.24) is 9.97 Å². The lowest BCUT2D eigenvalue weighted by atomic mass is 10.1. The van der Waals surface area contributed by atoms with Crippen LogP contribution in [0, 0.1) is 5.92 Å². The quantitative estimate of drug-likeness (QED) is 0.277. The van der Waals surface area contributed by atoms with E-state index in [1.165, 1.54) is 32.1 Å². The van der Waals surface area contributed by atoms with Gasteiger partial charge in [0, 0.05) is 11.9 Å². The molecule has 1 aromatic carbocycles. The number of unbranched alkanes of at least 4 members (excludes halogenated alkanes) is 5. The van der Waals surface area contributed by atoms with E-state index in [9.17, 15) is 4.79 Å². The number of aromatic nitrogens is 2. The zero-order valence-electron chi connectivity index (χ0n) is 16.9. The van der Waals surface area contributed by atoms with Gasteiger partial charge in [-0.15, -0.1) is 0 Å². The summed E-state index contributed by atoms with van der Waals surface area (Å²) in [7, 11) is 0. The Bertz CT molecular complexity index is 715. The van der Waals surface area contributed by atoms with Gasteiger partial charge < -0.3 is 4.74 Å². The fourth-order valence-electron chi connectivity index (χ4n) is 2.87. The smallest absolute Gasteiger partial charge is 0.314 e. The van der Waals surface area contributed by atoms with Crippen molar-refractivity contribution in [3.63, 3.8) is 0 Å². The first-order valence-electron chi connectivity index (χ1n) is 10.3. The number of carbonyl (C=O) groups is 1. The number of benzene rings is 1.